The number of nitrogens with one attached hydrogen (secondary N) is 3. The molecule has 1 aliphatic carbocycles. The fourth-order valence-corrected chi connectivity index (χ4v) is 4.29. The SMILES string of the molecule is CC(=O)NC1(c2noc(CCC(=O)NCCCC(=O)Nc3ccc(Cl)cc3)n2)CCCCCC1. The van der Waals surface area contributed by atoms with Gasteiger partial charge in [0.2, 0.25) is 23.6 Å². The minimum atomic E-state index is -0.598. The molecule has 9 nitrogen and oxygen atoms in total. The van der Waals surface area contributed by atoms with Crippen molar-refractivity contribution in [2.24, 2.45) is 0 Å². The molecule has 1 heterocycles. The standard InChI is InChI=1S/C24H32ClN5O4/c1-17(31)29-24(14-4-2-3-5-15-24)23-28-22(34-30-23)13-12-20(32)26-16-6-7-21(33)27-19-10-8-18(25)9-11-19/h8-11H,2-7,12-16H2,1H3,(H,26,32)(H,27,33)(H,29,31). The quantitative estimate of drug-likeness (QED) is 0.343. The molecule has 0 aliphatic heterocycles. The molecular formula is C24H32ClN5O4. The summed E-state index contributed by atoms with van der Waals surface area (Å²) in [7, 11) is 0. The fraction of sp³-hybridized carbons (Fsp3) is 0.542. The summed E-state index contributed by atoms with van der Waals surface area (Å²) >= 11 is 5.83. The van der Waals surface area contributed by atoms with Crippen molar-refractivity contribution in [2.45, 2.75) is 76.7 Å². The van der Waals surface area contributed by atoms with Crippen LogP contribution in [0.4, 0.5) is 5.69 Å². The number of benzene rings is 1. The number of aryl methyl sites for hydroxylation is 1. The van der Waals surface area contributed by atoms with E-state index in [1.807, 2.05) is 0 Å². The Morgan fingerprint density at radius 3 is 2.41 bits per heavy atom. The van der Waals surface area contributed by atoms with Gasteiger partial charge in [-0.2, -0.15) is 4.98 Å². The molecule has 1 aromatic heterocycles. The second kappa shape index (κ2) is 12.5. The van der Waals surface area contributed by atoms with E-state index in [4.69, 9.17) is 16.1 Å². The summed E-state index contributed by atoms with van der Waals surface area (Å²) in [5.74, 6) is 0.480. The van der Waals surface area contributed by atoms with E-state index in [1.54, 1.807) is 24.3 Å². The lowest BCUT2D eigenvalue weighted by molar-refractivity contribution is -0.122. The average molecular weight is 490 g/mol. The van der Waals surface area contributed by atoms with E-state index in [2.05, 4.69) is 26.1 Å². The highest BCUT2D eigenvalue weighted by atomic mass is 35.5. The summed E-state index contributed by atoms with van der Waals surface area (Å²) in [6.45, 7) is 1.90. The van der Waals surface area contributed by atoms with Crippen molar-refractivity contribution >= 4 is 35.0 Å². The molecule has 0 unspecified atom stereocenters. The first-order valence-corrected chi connectivity index (χ1v) is 12.2. The van der Waals surface area contributed by atoms with Crippen LogP contribution in [0.2, 0.25) is 5.02 Å². The van der Waals surface area contributed by atoms with Crippen LogP contribution in [0.3, 0.4) is 0 Å². The van der Waals surface area contributed by atoms with E-state index in [9.17, 15) is 14.4 Å². The molecule has 34 heavy (non-hydrogen) atoms. The maximum absolute atomic E-state index is 12.2. The Bertz CT molecular complexity index is 968. The number of hydrogen-bond acceptors (Lipinski definition) is 6. The van der Waals surface area contributed by atoms with Gasteiger partial charge in [-0.05, 0) is 43.5 Å². The lowest BCUT2D eigenvalue weighted by atomic mass is 9.89. The van der Waals surface area contributed by atoms with E-state index in [0.29, 0.717) is 48.2 Å². The number of halogens is 1. The van der Waals surface area contributed by atoms with Crippen LogP contribution in [0.25, 0.3) is 0 Å². The van der Waals surface area contributed by atoms with Crippen molar-refractivity contribution in [3.05, 3.63) is 41.0 Å². The van der Waals surface area contributed by atoms with Gasteiger partial charge in [0.05, 0.1) is 0 Å². The van der Waals surface area contributed by atoms with Crippen LogP contribution in [0.5, 0.6) is 0 Å². The molecule has 0 radical (unpaired) electrons. The molecule has 10 heteroatoms. The number of anilines is 1. The van der Waals surface area contributed by atoms with Crippen molar-refractivity contribution in [3.8, 4) is 0 Å². The average Bonchev–Trinajstić information content (AvgIpc) is 3.16. The van der Waals surface area contributed by atoms with Crippen LogP contribution < -0.4 is 16.0 Å². The van der Waals surface area contributed by atoms with E-state index in [0.717, 1.165) is 38.5 Å². The van der Waals surface area contributed by atoms with Gasteiger partial charge in [-0.25, -0.2) is 0 Å². The zero-order chi connectivity index (χ0) is 24.4. The Kier molecular flexibility index (Phi) is 9.44. The molecule has 1 fully saturated rings. The van der Waals surface area contributed by atoms with Crippen molar-refractivity contribution in [1.29, 1.82) is 0 Å². The summed E-state index contributed by atoms with van der Waals surface area (Å²) in [5.41, 5.74) is 0.0837. The van der Waals surface area contributed by atoms with Crippen molar-refractivity contribution < 1.29 is 18.9 Å². The first-order chi connectivity index (χ1) is 16.4. The van der Waals surface area contributed by atoms with Gasteiger partial charge in [-0.1, -0.05) is 42.4 Å². The van der Waals surface area contributed by atoms with Crippen LogP contribution in [0.1, 0.15) is 76.4 Å². The van der Waals surface area contributed by atoms with Gasteiger partial charge in [0.25, 0.3) is 0 Å². The third-order valence-corrected chi connectivity index (χ3v) is 6.12. The molecule has 1 aliphatic rings. The Balaban J connectivity index is 1.40. The monoisotopic (exact) mass is 489 g/mol. The molecule has 3 N–H and O–H groups in total. The summed E-state index contributed by atoms with van der Waals surface area (Å²) < 4.78 is 5.38. The number of rotatable bonds is 10. The Morgan fingerprint density at radius 2 is 1.74 bits per heavy atom. The van der Waals surface area contributed by atoms with E-state index >= 15 is 0 Å². The zero-order valence-corrected chi connectivity index (χ0v) is 20.2. The van der Waals surface area contributed by atoms with Gasteiger partial charge >= 0.3 is 0 Å². The maximum Gasteiger partial charge on any atom is 0.227 e. The molecule has 1 saturated carbocycles. The number of amides is 3. The molecule has 184 valence electrons. The van der Waals surface area contributed by atoms with Crippen molar-refractivity contribution in [3.63, 3.8) is 0 Å². The topological polar surface area (TPSA) is 126 Å². The highest BCUT2D eigenvalue weighted by molar-refractivity contribution is 6.30. The molecule has 0 spiro atoms. The van der Waals surface area contributed by atoms with Crippen LogP contribution in [-0.2, 0) is 26.3 Å². The van der Waals surface area contributed by atoms with Gasteiger partial charge in [0.15, 0.2) is 5.82 Å². The van der Waals surface area contributed by atoms with Crippen molar-refractivity contribution in [2.75, 3.05) is 11.9 Å². The summed E-state index contributed by atoms with van der Waals surface area (Å²) in [6, 6.07) is 6.89. The third-order valence-electron chi connectivity index (χ3n) is 5.87. The molecule has 0 bridgehead atoms. The Morgan fingerprint density at radius 1 is 1.03 bits per heavy atom. The zero-order valence-electron chi connectivity index (χ0n) is 19.5. The van der Waals surface area contributed by atoms with Gasteiger partial charge in [0.1, 0.15) is 5.54 Å². The molecule has 3 rings (SSSR count). The molecule has 1 aromatic carbocycles. The summed E-state index contributed by atoms with van der Waals surface area (Å²) in [6.07, 6.45) is 7.10. The number of hydrogen-bond donors (Lipinski definition) is 3. The second-order valence-corrected chi connectivity index (χ2v) is 9.13. The van der Waals surface area contributed by atoms with Gasteiger partial charge in [-0.3, -0.25) is 14.4 Å². The predicted molar refractivity (Wildman–Crippen MR) is 128 cm³/mol. The minimum absolute atomic E-state index is 0.116. The minimum Gasteiger partial charge on any atom is -0.356 e. The van der Waals surface area contributed by atoms with E-state index < -0.39 is 5.54 Å². The third kappa shape index (κ3) is 7.83. The van der Waals surface area contributed by atoms with Crippen LogP contribution in [0.15, 0.2) is 28.8 Å². The van der Waals surface area contributed by atoms with Gasteiger partial charge in [0, 0.05) is 43.4 Å². The number of aromatic nitrogens is 2. The number of carbonyl (C=O) groups is 3. The summed E-state index contributed by atoms with van der Waals surface area (Å²) in [5, 5.41) is 13.4. The number of carbonyl (C=O) groups excluding carboxylic acids is 3. The van der Waals surface area contributed by atoms with E-state index in [1.165, 1.54) is 6.92 Å². The molecule has 0 saturated heterocycles. The Hall–Kier alpha value is -2.94. The van der Waals surface area contributed by atoms with Crippen LogP contribution >= 0.6 is 11.6 Å². The highest BCUT2D eigenvalue weighted by Crippen LogP contribution is 2.34. The van der Waals surface area contributed by atoms with Crippen LogP contribution in [0, 0.1) is 0 Å². The first-order valence-electron chi connectivity index (χ1n) is 11.8. The lowest BCUT2D eigenvalue weighted by Gasteiger charge is -2.30. The molecular weight excluding hydrogens is 458 g/mol. The lowest BCUT2D eigenvalue weighted by Crippen LogP contribution is -2.45. The van der Waals surface area contributed by atoms with Crippen molar-refractivity contribution in [1.82, 2.24) is 20.8 Å². The highest BCUT2D eigenvalue weighted by Gasteiger charge is 2.38. The molecule has 2 aromatic rings. The molecule has 0 atom stereocenters. The maximum atomic E-state index is 12.2. The molecule has 3 amide bonds. The van der Waals surface area contributed by atoms with Gasteiger partial charge in [-0.15, -0.1) is 0 Å². The predicted octanol–water partition coefficient (Wildman–Crippen LogP) is 3.88. The summed E-state index contributed by atoms with van der Waals surface area (Å²) in [4.78, 5) is 40.5. The fourth-order valence-electron chi connectivity index (χ4n) is 4.17. The van der Waals surface area contributed by atoms with E-state index in [-0.39, 0.29) is 24.1 Å². The van der Waals surface area contributed by atoms with Crippen LogP contribution in [-0.4, -0.2) is 34.4 Å². The second-order valence-electron chi connectivity index (χ2n) is 8.70. The normalized spacial score (nSPS) is 15.2. The number of nitrogens with zero attached hydrogens (tertiary/aromatic N) is 2. The Labute approximate surface area is 204 Å². The first kappa shape index (κ1) is 25.7. The largest absolute Gasteiger partial charge is 0.356 e. The smallest absolute Gasteiger partial charge is 0.227 e. The van der Waals surface area contributed by atoms with Gasteiger partial charge < -0.3 is 20.5 Å².